The number of nitro groups is 1. The molecule has 0 unspecified atom stereocenters. The number of benzene rings is 4. The van der Waals surface area contributed by atoms with Gasteiger partial charge in [-0.3, -0.25) is 19.8 Å². The Kier molecular flexibility index (Phi) is 13.0. The summed E-state index contributed by atoms with van der Waals surface area (Å²) in [4.78, 5) is 29.2. The first-order valence-electron chi connectivity index (χ1n) is 18.1. The van der Waals surface area contributed by atoms with E-state index in [1.807, 2.05) is 54.1 Å². The molecular formula is C40H43N7O6S2. The number of carbonyl (C=O) groups excluding carboxylic acids is 1. The summed E-state index contributed by atoms with van der Waals surface area (Å²) >= 11 is 1.58. The fourth-order valence-corrected chi connectivity index (χ4v) is 8.07. The van der Waals surface area contributed by atoms with Crippen LogP contribution < -0.4 is 19.7 Å². The molecule has 0 saturated carbocycles. The average Bonchev–Trinajstić information content (AvgIpc) is 3.20. The van der Waals surface area contributed by atoms with Gasteiger partial charge in [-0.2, -0.15) is 0 Å². The molecule has 1 fully saturated rings. The zero-order chi connectivity index (χ0) is 38.8. The number of nitro benzene ring substituents is 1. The molecule has 1 aromatic heterocycles. The SMILES string of the molecule is CCOc1cccc(-c2ccc(CN3CCN(c4ccc(C(=O)NS(=O)(=O)c5ccc(NCCSc6ccccc6)c([N+](=O)[O-])c5)nn4)CC3)c(CC)c2)c1. The van der Waals surface area contributed by atoms with Crippen molar-refractivity contribution >= 4 is 44.9 Å². The van der Waals surface area contributed by atoms with Gasteiger partial charge in [0.15, 0.2) is 11.5 Å². The maximum atomic E-state index is 13.1. The zero-order valence-electron chi connectivity index (χ0n) is 30.7. The minimum Gasteiger partial charge on any atom is -0.494 e. The third-order valence-corrected chi connectivity index (χ3v) is 11.5. The Morgan fingerprint density at radius 3 is 2.36 bits per heavy atom. The topological polar surface area (TPSA) is 160 Å². The highest BCUT2D eigenvalue weighted by Gasteiger charge is 2.25. The summed E-state index contributed by atoms with van der Waals surface area (Å²) < 4.78 is 33.9. The molecule has 1 saturated heterocycles. The van der Waals surface area contributed by atoms with Crippen molar-refractivity contribution in [3.05, 3.63) is 130 Å². The summed E-state index contributed by atoms with van der Waals surface area (Å²) in [5, 5.41) is 23.0. The van der Waals surface area contributed by atoms with Crippen LogP contribution in [0.4, 0.5) is 17.2 Å². The molecule has 15 heteroatoms. The number of sulfonamides is 1. The highest BCUT2D eigenvalue weighted by molar-refractivity contribution is 7.99. The number of aromatic nitrogens is 2. The van der Waals surface area contributed by atoms with Crippen molar-refractivity contribution < 1.29 is 22.9 Å². The molecule has 286 valence electrons. The first-order chi connectivity index (χ1) is 26.6. The number of nitrogens with one attached hydrogen (secondary N) is 2. The third kappa shape index (κ3) is 10.2. The van der Waals surface area contributed by atoms with Crippen LogP contribution in [0.5, 0.6) is 5.75 Å². The van der Waals surface area contributed by atoms with Crippen molar-refractivity contribution in [1.29, 1.82) is 0 Å². The Hall–Kier alpha value is -5.51. The molecule has 4 aromatic carbocycles. The molecule has 1 aliphatic rings. The predicted molar refractivity (Wildman–Crippen MR) is 215 cm³/mol. The molecule has 1 aliphatic heterocycles. The van der Waals surface area contributed by atoms with E-state index < -0.39 is 31.4 Å². The predicted octanol–water partition coefficient (Wildman–Crippen LogP) is 6.66. The normalized spacial score (nSPS) is 13.3. The number of ether oxygens (including phenoxy) is 1. The molecule has 55 heavy (non-hydrogen) atoms. The number of piperazine rings is 1. The van der Waals surface area contributed by atoms with Crippen LogP contribution in [0.1, 0.15) is 35.5 Å². The zero-order valence-corrected chi connectivity index (χ0v) is 32.3. The molecule has 13 nitrogen and oxygen atoms in total. The Bertz CT molecular complexity index is 2220. The minimum absolute atomic E-state index is 0.173. The van der Waals surface area contributed by atoms with Crippen LogP contribution in [0, 0.1) is 10.1 Å². The van der Waals surface area contributed by atoms with Crippen molar-refractivity contribution in [1.82, 2.24) is 19.8 Å². The van der Waals surface area contributed by atoms with Gasteiger partial charge in [0.25, 0.3) is 21.6 Å². The lowest BCUT2D eigenvalue weighted by Crippen LogP contribution is -2.46. The second-order valence-corrected chi connectivity index (χ2v) is 15.6. The van der Waals surface area contributed by atoms with Gasteiger partial charge in [-0.15, -0.1) is 22.0 Å². The van der Waals surface area contributed by atoms with Crippen molar-refractivity contribution in [2.75, 3.05) is 55.3 Å². The Morgan fingerprint density at radius 1 is 0.873 bits per heavy atom. The Balaban J connectivity index is 1.01. The van der Waals surface area contributed by atoms with Crippen LogP contribution >= 0.6 is 11.8 Å². The van der Waals surface area contributed by atoms with Crippen LogP contribution in [0.25, 0.3) is 11.1 Å². The largest absolute Gasteiger partial charge is 0.494 e. The van der Waals surface area contributed by atoms with Crippen LogP contribution in [0.15, 0.2) is 113 Å². The summed E-state index contributed by atoms with van der Waals surface area (Å²) in [7, 11) is -4.45. The minimum atomic E-state index is -4.45. The molecule has 0 aliphatic carbocycles. The fourth-order valence-electron chi connectivity index (χ4n) is 6.30. The molecule has 2 heterocycles. The average molecular weight is 782 g/mol. The van der Waals surface area contributed by atoms with E-state index in [1.54, 1.807) is 17.8 Å². The molecule has 0 atom stereocenters. The quantitative estimate of drug-likeness (QED) is 0.0475. The lowest BCUT2D eigenvalue weighted by molar-refractivity contribution is -0.384. The van der Waals surface area contributed by atoms with Crippen LogP contribution in [-0.2, 0) is 23.0 Å². The first-order valence-corrected chi connectivity index (χ1v) is 20.5. The van der Waals surface area contributed by atoms with Crippen LogP contribution in [0.3, 0.4) is 0 Å². The van der Waals surface area contributed by atoms with Gasteiger partial charge >= 0.3 is 0 Å². The maximum absolute atomic E-state index is 13.1. The Labute approximate surface area is 325 Å². The monoisotopic (exact) mass is 781 g/mol. The number of anilines is 2. The van der Waals surface area contributed by atoms with Crippen LogP contribution in [-0.4, -0.2) is 79.4 Å². The molecule has 2 N–H and O–H groups in total. The van der Waals surface area contributed by atoms with E-state index in [4.69, 9.17) is 4.74 Å². The van der Waals surface area contributed by atoms with E-state index in [1.165, 1.54) is 29.3 Å². The smallest absolute Gasteiger partial charge is 0.293 e. The second kappa shape index (κ2) is 18.2. The van der Waals surface area contributed by atoms with Gasteiger partial charge in [0.1, 0.15) is 11.4 Å². The van der Waals surface area contributed by atoms with Crippen molar-refractivity contribution in [3.8, 4) is 16.9 Å². The lowest BCUT2D eigenvalue weighted by Gasteiger charge is -2.35. The number of aryl methyl sites for hydroxylation is 1. The van der Waals surface area contributed by atoms with E-state index in [0.29, 0.717) is 37.8 Å². The van der Waals surface area contributed by atoms with E-state index in [9.17, 15) is 23.3 Å². The number of amides is 1. The second-order valence-electron chi connectivity index (χ2n) is 12.8. The highest BCUT2D eigenvalue weighted by atomic mass is 32.2. The molecular weight excluding hydrogens is 739 g/mol. The summed E-state index contributed by atoms with van der Waals surface area (Å²) in [6.07, 6.45) is 0.921. The number of hydrogen-bond acceptors (Lipinski definition) is 12. The molecule has 0 bridgehead atoms. The van der Waals surface area contributed by atoms with E-state index in [-0.39, 0.29) is 11.4 Å². The maximum Gasteiger partial charge on any atom is 0.293 e. The van der Waals surface area contributed by atoms with Gasteiger partial charge in [-0.25, -0.2) is 13.1 Å². The van der Waals surface area contributed by atoms with Crippen molar-refractivity contribution in [2.45, 2.75) is 36.6 Å². The van der Waals surface area contributed by atoms with Gasteiger partial charge in [-0.1, -0.05) is 55.5 Å². The summed E-state index contributed by atoms with van der Waals surface area (Å²) in [6.45, 7) is 9.02. The first kappa shape index (κ1) is 39.2. The summed E-state index contributed by atoms with van der Waals surface area (Å²) in [6, 6.07) is 31.0. The van der Waals surface area contributed by atoms with E-state index in [0.717, 1.165) is 53.9 Å². The summed E-state index contributed by atoms with van der Waals surface area (Å²) in [5.41, 5.74) is 4.44. The molecule has 6 rings (SSSR count). The molecule has 0 radical (unpaired) electrons. The van der Waals surface area contributed by atoms with E-state index in [2.05, 4.69) is 62.6 Å². The fraction of sp³-hybridized carbons (Fsp3) is 0.275. The van der Waals surface area contributed by atoms with Gasteiger partial charge in [0.05, 0.1) is 16.4 Å². The van der Waals surface area contributed by atoms with Crippen molar-refractivity contribution in [3.63, 3.8) is 0 Å². The van der Waals surface area contributed by atoms with Crippen LogP contribution in [0.2, 0.25) is 0 Å². The Morgan fingerprint density at radius 2 is 1.65 bits per heavy atom. The van der Waals surface area contributed by atoms with Gasteiger partial charge in [0, 0.05) is 56.0 Å². The number of carbonyl (C=O) groups is 1. The van der Waals surface area contributed by atoms with E-state index >= 15 is 0 Å². The number of nitrogens with zero attached hydrogens (tertiary/aromatic N) is 5. The van der Waals surface area contributed by atoms with Gasteiger partial charge in [0.2, 0.25) is 0 Å². The van der Waals surface area contributed by atoms with Gasteiger partial charge in [-0.05, 0) is 84.1 Å². The molecule has 5 aromatic rings. The number of hydrogen-bond donors (Lipinski definition) is 2. The highest BCUT2D eigenvalue weighted by Crippen LogP contribution is 2.29. The standard InChI is InChI=1S/C40H43N7O6S2/c1-3-29-25-31(30-9-8-10-33(26-30)53-4-2)13-14-32(29)28-45-20-22-46(23-21-45)39-18-17-37(42-43-39)40(48)44-55(51,52)35-15-16-36(38(27-35)47(49)50)41-19-24-54-34-11-6-5-7-12-34/h5-18,25-27,41H,3-4,19-24,28H2,1-2H3,(H,44,48). The summed E-state index contributed by atoms with van der Waals surface area (Å²) in [5.74, 6) is 1.08. The lowest BCUT2D eigenvalue weighted by atomic mass is 9.97. The van der Waals surface area contributed by atoms with Crippen molar-refractivity contribution in [2.24, 2.45) is 0 Å². The number of thioether (sulfide) groups is 1. The molecule has 0 spiro atoms. The third-order valence-electron chi connectivity index (χ3n) is 9.17. The van der Waals surface area contributed by atoms with Gasteiger partial charge < -0.3 is 15.0 Å². The number of rotatable bonds is 16. The molecule has 1 amide bonds.